The number of nitrogens with one attached hydrogen (secondary N) is 1. The molecule has 16 heavy (non-hydrogen) atoms. The second-order valence-corrected chi connectivity index (χ2v) is 4.15. The summed E-state index contributed by atoms with van der Waals surface area (Å²) < 4.78 is 8.26. The summed E-state index contributed by atoms with van der Waals surface area (Å²) in [6.45, 7) is 2.60. The molecule has 2 aromatic rings. The van der Waals surface area contributed by atoms with Gasteiger partial charge in [-0.15, -0.1) is 22.6 Å². The van der Waals surface area contributed by atoms with Crippen LogP contribution in [0.15, 0.2) is 21.2 Å². The fourth-order valence-electron chi connectivity index (χ4n) is 1.71. The van der Waals surface area contributed by atoms with Crippen LogP contribution in [0.3, 0.4) is 0 Å². The molecule has 0 saturated heterocycles. The van der Waals surface area contributed by atoms with Gasteiger partial charge in [0.25, 0.3) is 0 Å². The molecule has 7 heteroatoms. The molecule has 0 spiro atoms. The summed E-state index contributed by atoms with van der Waals surface area (Å²) in [5.41, 5.74) is 0. The zero-order valence-corrected chi connectivity index (χ0v) is 10.7. The van der Waals surface area contributed by atoms with Crippen molar-refractivity contribution in [2.75, 3.05) is 6.54 Å². The Morgan fingerprint density at radius 3 is 3.00 bits per heavy atom. The molecule has 0 fully saturated rings. The van der Waals surface area contributed by atoms with Gasteiger partial charge in [-0.05, 0) is 28.1 Å². The lowest BCUT2D eigenvalue weighted by molar-refractivity contribution is 0.497. The van der Waals surface area contributed by atoms with Crippen LogP contribution in [0.2, 0.25) is 0 Å². The number of fused-ring (bicyclic) bond motifs is 1. The summed E-state index contributed by atoms with van der Waals surface area (Å²) in [6, 6.07) is 3.75. The van der Waals surface area contributed by atoms with Crippen LogP contribution in [0, 0.1) is 0 Å². The minimum Gasteiger partial charge on any atom is -0.446 e. The minimum absolute atomic E-state index is 0. The molecule has 0 aromatic carbocycles. The van der Waals surface area contributed by atoms with Crippen molar-refractivity contribution >= 4 is 28.3 Å². The molecule has 0 saturated carbocycles. The first kappa shape index (κ1) is 11.6. The van der Waals surface area contributed by atoms with E-state index in [2.05, 4.69) is 36.0 Å². The lowest BCUT2D eigenvalue weighted by atomic mass is 10.3. The van der Waals surface area contributed by atoms with Crippen LogP contribution < -0.4 is 5.32 Å². The Morgan fingerprint density at radius 2 is 2.25 bits per heavy atom. The number of halogens is 2. The highest BCUT2D eigenvalue weighted by Gasteiger charge is 2.18. The Kier molecular flexibility index (Phi) is 3.32. The van der Waals surface area contributed by atoms with Crippen LogP contribution in [0.1, 0.15) is 5.82 Å². The van der Waals surface area contributed by atoms with Gasteiger partial charge in [-0.25, -0.2) is 0 Å². The molecular weight excluding hydrogens is 295 g/mol. The first-order valence-corrected chi connectivity index (χ1v) is 5.52. The third-order valence-electron chi connectivity index (χ3n) is 2.42. The predicted octanol–water partition coefficient (Wildman–Crippen LogP) is 1.83. The molecular formula is C9H10BrClN4O. The smallest absolute Gasteiger partial charge is 0.199 e. The number of rotatable bonds is 1. The van der Waals surface area contributed by atoms with Gasteiger partial charge in [0.15, 0.2) is 16.3 Å². The van der Waals surface area contributed by atoms with Gasteiger partial charge in [0.05, 0.1) is 6.54 Å². The van der Waals surface area contributed by atoms with E-state index in [1.165, 1.54) is 0 Å². The Labute approximate surface area is 107 Å². The molecule has 3 heterocycles. The van der Waals surface area contributed by atoms with E-state index < -0.39 is 0 Å². The van der Waals surface area contributed by atoms with Gasteiger partial charge in [-0.3, -0.25) is 0 Å². The summed E-state index contributed by atoms with van der Waals surface area (Å²) >= 11 is 3.28. The van der Waals surface area contributed by atoms with Gasteiger partial charge in [-0.2, -0.15) is 0 Å². The van der Waals surface area contributed by atoms with E-state index in [1.807, 2.05) is 12.1 Å². The summed E-state index contributed by atoms with van der Waals surface area (Å²) in [5.74, 6) is 2.52. The molecule has 86 valence electrons. The maximum absolute atomic E-state index is 5.47. The Bertz CT molecular complexity index is 495. The largest absolute Gasteiger partial charge is 0.446 e. The Hall–Kier alpha value is -0.850. The third-order valence-corrected chi connectivity index (χ3v) is 2.84. The van der Waals surface area contributed by atoms with Gasteiger partial charge < -0.3 is 14.3 Å². The van der Waals surface area contributed by atoms with Crippen molar-refractivity contribution in [2.45, 2.75) is 13.1 Å². The lowest BCUT2D eigenvalue weighted by Crippen LogP contribution is -2.28. The maximum Gasteiger partial charge on any atom is 0.199 e. The fraction of sp³-hybridized carbons (Fsp3) is 0.333. The van der Waals surface area contributed by atoms with E-state index in [4.69, 9.17) is 4.42 Å². The first-order chi connectivity index (χ1) is 7.34. The second kappa shape index (κ2) is 4.57. The lowest BCUT2D eigenvalue weighted by Gasteiger charge is -2.14. The van der Waals surface area contributed by atoms with Crippen LogP contribution in [-0.2, 0) is 13.1 Å². The van der Waals surface area contributed by atoms with Crippen molar-refractivity contribution in [3.8, 4) is 11.6 Å². The Balaban J connectivity index is 0.000000963. The molecule has 1 aliphatic heterocycles. The molecule has 0 unspecified atom stereocenters. The van der Waals surface area contributed by atoms with E-state index in [-0.39, 0.29) is 12.4 Å². The first-order valence-electron chi connectivity index (χ1n) is 4.73. The van der Waals surface area contributed by atoms with E-state index in [0.717, 1.165) is 37.0 Å². The van der Waals surface area contributed by atoms with Crippen molar-refractivity contribution in [1.82, 2.24) is 20.1 Å². The molecule has 0 bridgehead atoms. The van der Waals surface area contributed by atoms with Crippen LogP contribution in [-0.4, -0.2) is 21.3 Å². The average Bonchev–Trinajstić information content (AvgIpc) is 2.83. The van der Waals surface area contributed by atoms with Gasteiger partial charge in [0.1, 0.15) is 5.82 Å². The van der Waals surface area contributed by atoms with Crippen LogP contribution in [0.25, 0.3) is 11.6 Å². The Morgan fingerprint density at radius 1 is 1.38 bits per heavy atom. The predicted molar refractivity (Wildman–Crippen MR) is 64.4 cm³/mol. The number of furan rings is 1. The number of nitrogens with zero attached hydrogens (tertiary/aromatic N) is 3. The molecule has 5 nitrogen and oxygen atoms in total. The van der Waals surface area contributed by atoms with Gasteiger partial charge >= 0.3 is 0 Å². The molecule has 3 rings (SSSR count). The molecule has 2 aromatic heterocycles. The summed E-state index contributed by atoms with van der Waals surface area (Å²) in [5, 5.41) is 11.5. The molecule has 1 aliphatic rings. The standard InChI is InChI=1S/C9H9BrN4O.ClH/c10-7-2-1-6(15-7)9-13-12-8-5-11-3-4-14(8)9;/h1-2,11H,3-5H2;1H. The summed E-state index contributed by atoms with van der Waals surface area (Å²) in [4.78, 5) is 0. The van der Waals surface area contributed by atoms with Gasteiger partial charge in [-0.1, -0.05) is 0 Å². The summed E-state index contributed by atoms with van der Waals surface area (Å²) in [7, 11) is 0. The van der Waals surface area contributed by atoms with Crippen molar-refractivity contribution in [3.63, 3.8) is 0 Å². The highest BCUT2D eigenvalue weighted by molar-refractivity contribution is 9.10. The maximum atomic E-state index is 5.47. The molecule has 0 atom stereocenters. The normalized spacial score (nSPS) is 14.3. The monoisotopic (exact) mass is 304 g/mol. The zero-order valence-electron chi connectivity index (χ0n) is 8.31. The third kappa shape index (κ3) is 1.88. The fourth-order valence-corrected chi connectivity index (χ4v) is 2.02. The topological polar surface area (TPSA) is 55.9 Å². The van der Waals surface area contributed by atoms with Crippen molar-refractivity contribution in [3.05, 3.63) is 22.6 Å². The highest BCUT2D eigenvalue weighted by Crippen LogP contribution is 2.24. The van der Waals surface area contributed by atoms with E-state index >= 15 is 0 Å². The van der Waals surface area contributed by atoms with Crippen molar-refractivity contribution in [2.24, 2.45) is 0 Å². The molecule has 0 amide bonds. The highest BCUT2D eigenvalue weighted by atomic mass is 79.9. The van der Waals surface area contributed by atoms with Gasteiger partial charge in [0, 0.05) is 13.1 Å². The molecule has 0 radical (unpaired) electrons. The number of hydrogen-bond acceptors (Lipinski definition) is 4. The SMILES string of the molecule is Brc1ccc(-c2nnc3n2CCNC3)o1.Cl. The quantitative estimate of drug-likeness (QED) is 0.873. The van der Waals surface area contributed by atoms with Crippen molar-refractivity contribution < 1.29 is 4.42 Å². The van der Waals surface area contributed by atoms with Crippen LogP contribution >= 0.6 is 28.3 Å². The number of aromatic nitrogens is 3. The van der Waals surface area contributed by atoms with E-state index in [0.29, 0.717) is 4.67 Å². The zero-order chi connectivity index (χ0) is 10.3. The average molecular weight is 306 g/mol. The van der Waals surface area contributed by atoms with Crippen LogP contribution in [0.4, 0.5) is 0 Å². The van der Waals surface area contributed by atoms with E-state index in [9.17, 15) is 0 Å². The van der Waals surface area contributed by atoms with Gasteiger partial charge in [0.2, 0.25) is 0 Å². The van der Waals surface area contributed by atoms with Crippen LogP contribution in [0.5, 0.6) is 0 Å². The van der Waals surface area contributed by atoms with Crippen molar-refractivity contribution in [1.29, 1.82) is 0 Å². The molecule has 0 aliphatic carbocycles. The van der Waals surface area contributed by atoms with E-state index in [1.54, 1.807) is 0 Å². The number of hydrogen-bond donors (Lipinski definition) is 1. The minimum atomic E-state index is 0. The summed E-state index contributed by atoms with van der Waals surface area (Å²) in [6.07, 6.45) is 0. The second-order valence-electron chi connectivity index (χ2n) is 3.37. The molecule has 1 N–H and O–H groups in total.